The van der Waals surface area contributed by atoms with Crippen LogP contribution >= 0.6 is 11.6 Å². The van der Waals surface area contributed by atoms with Crippen LogP contribution in [0.2, 0.25) is 5.02 Å². The van der Waals surface area contributed by atoms with Crippen molar-refractivity contribution in [3.05, 3.63) is 70.2 Å². The molecule has 0 spiro atoms. The molecule has 2 aromatic carbocycles. The van der Waals surface area contributed by atoms with Gasteiger partial charge in [0.15, 0.2) is 0 Å². The monoisotopic (exact) mass is 453 g/mol. The van der Waals surface area contributed by atoms with Crippen LogP contribution in [0.25, 0.3) is 0 Å². The normalized spacial score (nSPS) is 29.7. The summed E-state index contributed by atoms with van der Waals surface area (Å²) in [4.78, 5) is 25.8. The molecular formula is C24H28ClN5O2. The van der Waals surface area contributed by atoms with Gasteiger partial charge in [-0.25, -0.2) is 10.4 Å². The van der Waals surface area contributed by atoms with Crippen molar-refractivity contribution in [2.75, 3.05) is 0 Å². The highest BCUT2D eigenvalue weighted by molar-refractivity contribution is 6.30. The van der Waals surface area contributed by atoms with Crippen LogP contribution in [0.4, 0.5) is 0 Å². The third-order valence-electron chi connectivity index (χ3n) is 6.95. The van der Waals surface area contributed by atoms with E-state index < -0.39 is 0 Å². The highest BCUT2D eigenvalue weighted by Crippen LogP contribution is 2.38. The topological polar surface area (TPSA) is 85.5 Å². The zero-order valence-corrected chi connectivity index (χ0v) is 18.7. The summed E-state index contributed by atoms with van der Waals surface area (Å²) in [6, 6.07) is 15.7. The molecule has 2 amide bonds. The molecule has 1 saturated carbocycles. The number of hydrogen-bond acceptors (Lipinski definition) is 5. The Morgan fingerprint density at radius 3 is 2.62 bits per heavy atom. The summed E-state index contributed by atoms with van der Waals surface area (Å²) in [5, 5.41) is 9.03. The van der Waals surface area contributed by atoms with Gasteiger partial charge in [0, 0.05) is 23.5 Å². The molecule has 8 heteroatoms. The van der Waals surface area contributed by atoms with E-state index in [1.807, 2.05) is 24.3 Å². The summed E-state index contributed by atoms with van der Waals surface area (Å²) < 4.78 is 0. The lowest BCUT2D eigenvalue weighted by molar-refractivity contribution is -0.143. The van der Waals surface area contributed by atoms with Crippen molar-refractivity contribution in [1.29, 1.82) is 0 Å². The Bertz CT molecular complexity index is 996. The Kier molecular flexibility index (Phi) is 5.90. The van der Waals surface area contributed by atoms with E-state index in [4.69, 9.17) is 11.6 Å². The average Bonchev–Trinajstić information content (AvgIpc) is 3.22. The Morgan fingerprint density at radius 2 is 1.88 bits per heavy atom. The van der Waals surface area contributed by atoms with E-state index >= 15 is 0 Å². The number of benzene rings is 2. The second kappa shape index (κ2) is 8.83. The SMILES string of the molecule is Cc1ccc(C2NNN3C4CC(C(=O)NCc5ccc(Cl)cc5)CCC4C(=O)NC23)cc1. The quantitative estimate of drug-likeness (QED) is 0.571. The maximum absolute atomic E-state index is 12.9. The molecule has 5 unspecified atom stereocenters. The summed E-state index contributed by atoms with van der Waals surface area (Å²) in [5.41, 5.74) is 9.95. The van der Waals surface area contributed by atoms with Crippen LogP contribution in [0.5, 0.6) is 0 Å². The molecule has 2 aliphatic heterocycles. The highest BCUT2D eigenvalue weighted by Gasteiger charge is 2.51. The first-order chi connectivity index (χ1) is 15.5. The minimum Gasteiger partial charge on any atom is -0.352 e. The number of amides is 2. The van der Waals surface area contributed by atoms with Gasteiger partial charge in [-0.3, -0.25) is 9.59 Å². The van der Waals surface area contributed by atoms with Crippen molar-refractivity contribution in [1.82, 2.24) is 26.6 Å². The Balaban J connectivity index is 1.26. The predicted octanol–water partition coefficient (Wildman–Crippen LogP) is 2.57. The zero-order valence-electron chi connectivity index (χ0n) is 18.0. The summed E-state index contributed by atoms with van der Waals surface area (Å²) in [5.74, 6) is -0.102. The highest BCUT2D eigenvalue weighted by atomic mass is 35.5. The number of nitrogens with one attached hydrogen (secondary N) is 4. The van der Waals surface area contributed by atoms with E-state index in [0.717, 1.165) is 11.1 Å². The van der Waals surface area contributed by atoms with Gasteiger partial charge in [-0.05, 0) is 49.4 Å². The molecule has 1 aliphatic carbocycles. The first-order valence-electron chi connectivity index (χ1n) is 11.2. The van der Waals surface area contributed by atoms with Crippen LogP contribution in [0.1, 0.15) is 42.0 Å². The van der Waals surface area contributed by atoms with Crippen LogP contribution in [0.15, 0.2) is 48.5 Å². The number of hydrogen-bond donors (Lipinski definition) is 4. The maximum atomic E-state index is 12.9. The lowest BCUT2D eigenvalue weighted by atomic mass is 9.75. The second-order valence-electron chi connectivity index (χ2n) is 9.03. The first-order valence-corrected chi connectivity index (χ1v) is 11.6. The van der Waals surface area contributed by atoms with E-state index in [-0.39, 0.29) is 41.9 Å². The summed E-state index contributed by atoms with van der Waals surface area (Å²) in [6.07, 6.45) is 1.88. The molecule has 7 nitrogen and oxygen atoms in total. The van der Waals surface area contributed by atoms with Gasteiger partial charge >= 0.3 is 0 Å². The van der Waals surface area contributed by atoms with Gasteiger partial charge < -0.3 is 10.6 Å². The van der Waals surface area contributed by atoms with Gasteiger partial charge in [-0.15, -0.1) is 0 Å². The van der Waals surface area contributed by atoms with Gasteiger partial charge in [-0.2, -0.15) is 5.53 Å². The first kappa shape index (κ1) is 21.4. The van der Waals surface area contributed by atoms with E-state index in [9.17, 15) is 9.59 Å². The molecule has 168 valence electrons. The Morgan fingerprint density at radius 1 is 1.12 bits per heavy atom. The van der Waals surface area contributed by atoms with Gasteiger partial charge in [-0.1, -0.05) is 53.6 Å². The van der Waals surface area contributed by atoms with Gasteiger partial charge in [0.25, 0.3) is 0 Å². The van der Waals surface area contributed by atoms with E-state index in [0.29, 0.717) is 30.8 Å². The standard InChI is InChI=1S/C24H28ClN5O2/c1-14-2-6-16(7-3-14)21-22-27-24(32)19-11-8-17(12-20(19)30(22)29-28-21)23(31)26-13-15-4-9-18(25)10-5-15/h2-7,9-10,17,19-22,28-29H,8,11-13H2,1H3,(H,26,31)(H,27,32). The predicted molar refractivity (Wildman–Crippen MR) is 122 cm³/mol. The van der Waals surface area contributed by atoms with E-state index in [1.54, 1.807) is 0 Å². The minimum atomic E-state index is -0.192. The molecule has 0 bridgehead atoms. The van der Waals surface area contributed by atoms with E-state index in [2.05, 4.69) is 57.8 Å². The average molecular weight is 454 g/mol. The van der Waals surface area contributed by atoms with Crippen molar-refractivity contribution < 1.29 is 9.59 Å². The second-order valence-corrected chi connectivity index (χ2v) is 9.47. The molecule has 32 heavy (non-hydrogen) atoms. The van der Waals surface area contributed by atoms with E-state index in [1.165, 1.54) is 5.56 Å². The van der Waals surface area contributed by atoms with Crippen LogP contribution in [0, 0.1) is 18.8 Å². The van der Waals surface area contributed by atoms with Crippen LogP contribution in [-0.4, -0.2) is 29.0 Å². The molecule has 2 saturated heterocycles. The van der Waals surface area contributed by atoms with Crippen LogP contribution in [0.3, 0.4) is 0 Å². The number of fused-ring (bicyclic) bond motifs is 3. The molecule has 3 aliphatic rings. The molecule has 2 aromatic rings. The zero-order chi connectivity index (χ0) is 22.2. The lowest BCUT2D eigenvalue weighted by Crippen LogP contribution is -2.65. The summed E-state index contributed by atoms with van der Waals surface area (Å²) >= 11 is 5.94. The summed E-state index contributed by atoms with van der Waals surface area (Å²) in [6.45, 7) is 2.53. The number of carbonyl (C=O) groups is 2. The number of rotatable bonds is 4. The van der Waals surface area contributed by atoms with Crippen LogP contribution < -0.4 is 21.6 Å². The fourth-order valence-electron chi connectivity index (χ4n) is 5.12. The fourth-order valence-corrected chi connectivity index (χ4v) is 5.25. The Hall–Kier alpha value is -2.45. The fraction of sp³-hybridized carbons (Fsp3) is 0.417. The lowest BCUT2D eigenvalue weighted by Gasteiger charge is -2.46. The Labute approximate surface area is 192 Å². The van der Waals surface area contributed by atoms with Gasteiger partial charge in [0.05, 0.1) is 12.0 Å². The number of carbonyl (C=O) groups excluding carboxylic acids is 2. The van der Waals surface area contributed by atoms with Crippen molar-refractivity contribution in [3.8, 4) is 0 Å². The van der Waals surface area contributed by atoms with Gasteiger partial charge in [0.1, 0.15) is 6.17 Å². The number of halogens is 1. The molecule has 5 rings (SSSR count). The van der Waals surface area contributed by atoms with Crippen molar-refractivity contribution in [2.45, 2.75) is 51.0 Å². The molecule has 0 aromatic heterocycles. The molecule has 0 radical (unpaired) electrons. The van der Waals surface area contributed by atoms with Crippen molar-refractivity contribution >= 4 is 23.4 Å². The molecular weight excluding hydrogens is 426 g/mol. The molecule has 2 heterocycles. The van der Waals surface area contributed by atoms with Crippen LogP contribution in [-0.2, 0) is 16.1 Å². The van der Waals surface area contributed by atoms with Crippen molar-refractivity contribution in [2.24, 2.45) is 11.8 Å². The molecule has 5 atom stereocenters. The third kappa shape index (κ3) is 4.13. The maximum Gasteiger partial charge on any atom is 0.226 e. The third-order valence-corrected chi connectivity index (χ3v) is 7.20. The minimum absolute atomic E-state index is 0.0308. The van der Waals surface area contributed by atoms with Crippen molar-refractivity contribution in [3.63, 3.8) is 0 Å². The smallest absolute Gasteiger partial charge is 0.226 e. The molecule has 4 N–H and O–H groups in total. The number of nitrogens with zero attached hydrogens (tertiary/aromatic N) is 1. The largest absolute Gasteiger partial charge is 0.352 e. The molecule has 3 fully saturated rings. The summed E-state index contributed by atoms with van der Waals surface area (Å²) in [7, 11) is 0. The van der Waals surface area contributed by atoms with Gasteiger partial charge in [0.2, 0.25) is 11.8 Å². The number of hydrazine groups is 2. The number of aryl methyl sites for hydroxylation is 1.